The van der Waals surface area contributed by atoms with Crippen molar-refractivity contribution in [3.8, 4) is 11.3 Å². The van der Waals surface area contributed by atoms with Crippen LogP contribution in [-0.4, -0.2) is 46.2 Å². The lowest BCUT2D eigenvalue weighted by Gasteiger charge is -2.26. The van der Waals surface area contributed by atoms with Crippen LogP contribution in [0.25, 0.3) is 11.3 Å². The molecule has 1 saturated carbocycles. The second-order valence-corrected chi connectivity index (χ2v) is 13.9. The molecule has 1 aliphatic rings. The predicted molar refractivity (Wildman–Crippen MR) is 139 cm³/mol. The van der Waals surface area contributed by atoms with Gasteiger partial charge in [0.25, 0.3) is 5.91 Å². The van der Waals surface area contributed by atoms with Crippen molar-refractivity contribution in [2.24, 2.45) is 5.92 Å². The van der Waals surface area contributed by atoms with Gasteiger partial charge in [-0.2, -0.15) is 0 Å². The molecule has 1 atom stereocenters. The molecule has 0 spiro atoms. The average molecular weight is 522 g/mol. The van der Waals surface area contributed by atoms with Crippen molar-refractivity contribution < 1.29 is 22.0 Å². The van der Waals surface area contributed by atoms with E-state index in [2.05, 4.69) is 9.88 Å². The van der Waals surface area contributed by atoms with E-state index in [1.165, 1.54) is 19.3 Å². The number of hydrogen-bond acceptors (Lipinski definition) is 5. The van der Waals surface area contributed by atoms with E-state index < -0.39 is 20.9 Å². The van der Waals surface area contributed by atoms with E-state index in [0.29, 0.717) is 11.5 Å². The van der Waals surface area contributed by atoms with Crippen LogP contribution in [0.15, 0.2) is 29.2 Å². The SMILES string of the molecule is Cc1c(C(=O)NCCS(C)(=O)=O)cc(-c2ccc(S(=O)[O-])c(C(C)(C)C)c2)n1CC1CCCCC1. The number of rotatable bonds is 8. The van der Waals surface area contributed by atoms with E-state index in [1.54, 1.807) is 12.1 Å². The standard InChI is InChI=1S/C26H38N2O5S2/c1-18-21(25(29)27-13-14-35(5,32)33)16-23(28(18)17-19-9-7-6-8-10-19)20-11-12-24(34(30)31)22(15-20)26(2,3)4/h11-12,15-16,19H,6-10,13-14,17H2,1-5H3,(H,27,29)(H,30,31)/p-1. The Kier molecular flexibility index (Phi) is 8.65. The second-order valence-electron chi connectivity index (χ2n) is 10.7. The summed E-state index contributed by atoms with van der Waals surface area (Å²) in [6.07, 6.45) is 7.11. The van der Waals surface area contributed by atoms with Gasteiger partial charge in [0.1, 0.15) is 9.84 Å². The molecular formula is C26H37N2O5S2-. The van der Waals surface area contributed by atoms with E-state index >= 15 is 0 Å². The van der Waals surface area contributed by atoms with Crippen LogP contribution in [0.2, 0.25) is 0 Å². The van der Waals surface area contributed by atoms with Crippen LogP contribution in [0.4, 0.5) is 0 Å². The highest BCUT2D eigenvalue weighted by molar-refractivity contribution is 7.90. The molecule has 0 radical (unpaired) electrons. The molecule has 0 bridgehead atoms. The lowest BCUT2D eigenvalue weighted by molar-refractivity contribution is 0.0955. The summed E-state index contributed by atoms with van der Waals surface area (Å²) < 4.78 is 48.8. The maximum atomic E-state index is 13.0. The summed E-state index contributed by atoms with van der Waals surface area (Å²) in [5, 5.41) is 2.74. The van der Waals surface area contributed by atoms with Crippen LogP contribution in [0.3, 0.4) is 0 Å². The van der Waals surface area contributed by atoms with Crippen LogP contribution in [-0.2, 0) is 32.9 Å². The molecule has 9 heteroatoms. The van der Waals surface area contributed by atoms with E-state index in [4.69, 9.17) is 0 Å². The van der Waals surface area contributed by atoms with Crippen molar-refractivity contribution in [2.75, 3.05) is 18.6 Å². The van der Waals surface area contributed by atoms with Crippen LogP contribution >= 0.6 is 0 Å². The molecule has 1 amide bonds. The first kappa shape index (κ1) is 27.6. The van der Waals surface area contributed by atoms with Gasteiger partial charge in [-0.3, -0.25) is 9.00 Å². The number of benzene rings is 1. The number of nitrogens with zero attached hydrogens (tertiary/aromatic N) is 1. The Labute approximate surface area is 211 Å². The van der Waals surface area contributed by atoms with Crippen molar-refractivity contribution in [1.82, 2.24) is 9.88 Å². The maximum Gasteiger partial charge on any atom is 0.253 e. The van der Waals surface area contributed by atoms with Gasteiger partial charge in [0.05, 0.1) is 11.3 Å². The van der Waals surface area contributed by atoms with Crippen LogP contribution in [0.1, 0.15) is 74.5 Å². The fourth-order valence-electron chi connectivity index (χ4n) is 4.84. The highest BCUT2D eigenvalue weighted by Crippen LogP contribution is 2.35. The first-order valence-corrected chi connectivity index (χ1v) is 15.3. The third-order valence-electron chi connectivity index (χ3n) is 6.80. The van der Waals surface area contributed by atoms with Crippen molar-refractivity contribution in [2.45, 2.75) is 76.7 Å². The van der Waals surface area contributed by atoms with Gasteiger partial charge in [-0.1, -0.05) is 46.1 Å². The normalized spacial score (nSPS) is 16.3. The van der Waals surface area contributed by atoms with Crippen molar-refractivity contribution >= 4 is 26.8 Å². The molecule has 0 aliphatic heterocycles. The zero-order chi connectivity index (χ0) is 26.0. The minimum absolute atomic E-state index is 0.0540. The molecule has 1 N–H and O–H groups in total. The summed E-state index contributed by atoms with van der Waals surface area (Å²) in [4.78, 5) is 13.3. The number of carbonyl (C=O) groups is 1. The zero-order valence-electron chi connectivity index (χ0n) is 21.3. The first-order chi connectivity index (χ1) is 16.3. The molecule has 1 heterocycles. The Morgan fingerprint density at radius 3 is 2.40 bits per heavy atom. The summed E-state index contributed by atoms with van der Waals surface area (Å²) in [7, 11) is -3.18. The molecule has 1 aliphatic carbocycles. The maximum absolute atomic E-state index is 13.0. The zero-order valence-corrected chi connectivity index (χ0v) is 23.0. The van der Waals surface area contributed by atoms with E-state index in [0.717, 1.165) is 48.2 Å². The molecule has 1 unspecified atom stereocenters. The Bertz CT molecular complexity index is 1200. The topological polar surface area (TPSA) is 108 Å². The number of sulfone groups is 1. The third kappa shape index (κ3) is 7.05. The minimum atomic E-state index is -3.18. The minimum Gasteiger partial charge on any atom is -0.768 e. The Morgan fingerprint density at radius 2 is 1.83 bits per heavy atom. The molecular weight excluding hydrogens is 484 g/mol. The Balaban J connectivity index is 2.06. The summed E-state index contributed by atoms with van der Waals surface area (Å²) >= 11 is -2.35. The summed E-state index contributed by atoms with van der Waals surface area (Å²) in [6, 6.07) is 7.21. The highest BCUT2D eigenvalue weighted by Gasteiger charge is 2.24. The van der Waals surface area contributed by atoms with Gasteiger partial charge < -0.3 is 14.4 Å². The van der Waals surface area contributed by atoms with Crippen LogP contribution in [0.5, 0.6) is 0 Å². The van der Waals surface area contributed by atoms with Gasteiger partial charge in [-0.05, 0) is 71.5 Å². The van der Waals surface area contributed by atoms with Gasteiger partial charge in [-0.15, -0.1) is 0 Å². The lowest BCUT2D eigenvalue weighted by Crippen LogP contribution is -2.29. The molecule has 1 aromatic heterocycles. The van der Waals surface area contributed by atoms with Gasteiger partial charge in [-0.25, -0.2) is 8.42 Å². The largest absolute Gasteiger partial charge is 0.768 e. The van der Waals surface area contributed by atoms with Crippen molar-refractivity contribution in [3.63, 3.8) is 0 Å². The monoisotopic (exact) mass is 521 g/mol. The number of hydrogen-bond donors (Lipinski definition) is 1. The van der Waals surface area contributed by atoms with Gasteiger partial charge >= 0.3 is 0 Å². The summed E-state index contributed by atoms with van der Waals surface area (Å²) in [5.74, 6) is 0.101. The fraction of sp³-hybridized carbons (Fsp3) is 0.577. The molecule has 7 nitrogen and oxygen atoms in total. The molecule has 0 saturated heterocycles. The van der Waals surface area contributed by atoms with Gasteiger partial charge in [0, 0.05) is 35.6 Å². The fourth-order valence-corrected chi connectivity index (χ4v) is 6.04. The molecule has 1 aromatic carbocycles. The average Bonchev–Trinajstić information content (AvgIpc) is 3.08. The lowest BCUT2D eigenvalue weighted by atomic mass is 9.85. The number of aromatic nitrogens is 1. The van der Waals surface area contributed by atoms with E-state index in [9.17, 15) is 22.0 Å². The molecule has 194 valence electrons. The van der Waals surface area contributed by atoms with Crippen LogP contribution in [0, 0.1) is 12.8 Å². The number of carbonyl (C=O) groups excluding carboxylic acids is 1. The molecule has 1 fully saturated rings. The Hall–Kier alpha value is -1.97. The number of nitrogens with one attached hydrogen (secondary N) is 1. The van der Waals surface area contributed by atoms with Gasteiger partial charge in [0.2, 0.25) is 0 Å². The first-order valence-electron chi connectivity index (χ1n) is 12.2. The molecule has 35 heavy (non-hydrogen) atoms. The quantitative estimate of drug-likeness (QED) is 0.520. The van der Waals surface area contributed by atoms with Crippen molar-refractivity contribution in [3.05, 3.63) is 41.1 Å². The van der Waals surface area contributed by atoms with Crippen LogP contribution < -0.4 is 5.32 Å². The summed E-state index contributed by atoms with van der Waals surface area (Å²) in [6.45, 7) is 8.71. The van der Waals surface area contributed by atoms with Gasteiger partial charge in [0.15, 0.2) is 0 Å². The smallest absolute Gasteiger partial charge is 0.253 e. The van der Waals surface area contributed by atoms with E-state index in [1.807, 2.05) is 39.8 Å². The molecule has 2 aromatic rings. The number of amides is 1. The molecule has 3 rings (SSSR count). The third-order valence-corrected chi connectivity index (χ3v) is 8.46. The van der Waals surface area contributed by atoms with Crippen molar-refractivity contribution in [1.29, 1.82) is 0 Å². The highest BCUT2D eigenvalue weighted by atomic mass is 32.2. The summed E-state index contributed by atoms with van der Waals surface area (Å²) in [5.41, 5.74) is 3.42. The second kappa shape index (κ2) is 11.0. The predicted octanol–water partition coefficient (Wildman–Crippen LogP) is 4.35. The van der Waals surface area contributed by atoms with E-state index in [-0.39, 0.29) is 28.5 Å². The Morgan fingerprint density at radius 1 is 1.17 bits per heavy atom.